The molecule has 2 N–H and O–H groups in total. The quantitative estimate of drug-likeness (QED) is 0.858. The molecule has 0 aliphatic carbocycles. The number of aliphatic carboxylic acids is 1. The maximum Gasteiger partial charge on any atom is 0.317 e. The second kappa shape index (κ2) is 7.62. The first-order valence-corrected chi connectivity index (χ1v) is 8.97. The van der Waals surface area contributed by atoms with Gasteiger partial charge in [0.05, 0.1) is 5.92 Å². The topological polar surface area (TPSA) is 78.9 Å². The molecule has 2 aliphatic rings. The Hall–Kier alpha value is -1.79. The van der Waals surface area contributed by atoms with Crippen LogP contribution in [0.1, 0.15) is 24.8 Å². The Labute approximate surface area is 152 Å². The number of ether oxygens (including phenoxy) is 1. The summed E-state index contributed by atoms with van der Waals surface area (Å²) in [5.41, 5.74) is 0.901. The van der Waals surface area contributed by atoms with Crippen molar-refractivity contribution < 1.29 is 19.4 Å². The van der Waals surface area contributed by atoms with Gasteiger partial charge >= 0.3 is 12.0 Å². The summed E-state index contributed by atoms with van der Waals surface area (Å²) < 4.78 is 5.50. The SMILES string of the molecule is O=C(O)C1CCN(C(=O)NCC2(c3cccc(Cl)c3)CCOCC2)C1. The fraction of sp³-hybridized carbons (Fsp3) is 0.556. The number of amides is 2. The smallest absolute Gasteiger partial charge is 0.317 e. The summed E-state index contributed by atoms with van der Waals surface area (Å²) in [4.78, 5) is 25.1. The average Bonchev–Trinajstić information content (AvgIpc) is 3.11. The zero-order valence-corrected chi connectivity index (χ0v) is 14.8. The van der Waals surface area contributed by atoms with Crippen molar-refractivity contribution in [3.05, 3.63) is 34.9 Å². The van der Waals surface area contributed by atoms with Crippen LogP contribution in [0.15, 0.2) is 24.3 Å². The molecule has 2 amide bonds. The molecule has 1 aromatic carbocycles. The van der Waals surface area contributed by atoms with Gasteiger partial charge in [-0.1, -0.05) is 23.7 Å². The monoisotopic (exact) mass is 366 g/mol. The molecule has 6 nitrogen and oxygen atoms in total. The molecule has 0 aromatic heterocycles. The highest BCUT2D eigenvalue weighted by Crippen LogP contribution is 2.35. The predicted molar refractivity (Wildman–Crippen MR) is 93.9 cm³/mol. The first kappa shape index (κ1) is 18.0. The van der Waals surface area contributed by atoms with E-state index in [0.29, 0.717) is 37.7 Å². The van der Waals surface area contributed by atoms with Crippen molar-refractivity contribution in [2.75, 3.05) is 32.8 Å². The third kappa shape index (κ3) is 4.07. The van der Waals surface area contributed by atoms with Gasteiger partial charge in [0.1, 0.15) is 0 Å². The van der Waals surface area contributed by atoms with Crippen molar-refractivity contribution in [2.45, 2.75) is 24.7 Å². The Morgan fingerprint density at radius 2 is 2.12 bits per heavy atom. The molecule has 3 rings (SSSR count). The van der Waals surface area contributed by atoms with Gasteiger partial charge in [-0.3, -0.25) is 4.79 Å². The molecule has 2 fully saturated rings. The van der Waals surface area contributed by atoms with Crippen LogP contribution in [0, 0.1) is 5.92 Å². The maximum atomic E-state index is 12.5. The third-order valence-electron chi connectivity index (χ3n) is 5.29. The number of halogens is 1. The number of hydrogen-bond donors (Lipinski definition) is 2. The minimum atomic E-state index is -0.838. The molecule has 0 spiro atoms. The Morgan fingerprint density at radius 1 is 1.36 bits per heavy atom. The van der Waals surface area contributed by atoms with Gasteiger partial charge in [-0.05, 0) is 37.0 Å². The molecule has 0 bridgehead atoms. The normalized spacial score (nSPS) is 22.6. The van der Waals surface area contributed by atoms with Gasteiger partial charge in [-0.25, -0.2) is 4.79 Å². The fourth-order valence-electron chi connectivity index (χ4n) is 3.65. The van der Waals surface area contributed by atoms with Crippen LogP contribution in [-0.4, -0.2) is 54.9 Å². The Morgan fingerprint density at radius 3 is 2.76 bits per heavy atom. The highest BCUT2D eigenvalue weighted by molar-refractivity contribution is 6.30. The highest BCUT2D eigenvalue weighted by Gasteiger charge is 2.36. The van der Waals surface area contributed by atoms with E-state index in [1.807, 2.05) is 24.3 Å². The van der Waals surface area contributed by atoms with Gasteiger partial charge in [0.15, 0.2) is 0 Å². The van der Waals surface area contributed by atoms with E-state index in [2.05, 4.69) is 5.32 Å². The van der Waals surface area contributed by atoms with Crippen molar-refractivity contribution in [1.82, 2.24) is 10.2 Å². The lowest BCUT2D eigenvalue weighted by atomic mass is 9.74. The second-order valence-corrected chi connectivity index (χ2v) is 7.27. The third-order valence-corrected chi connectivity index (χ3v) is 5.52. The number of benzene rings is 1. The van der Waals surface area contributed by atoms with E-state index in [0.717, 1.165) is 18.4 Å². The maximum absolute atomic E-state index is 12.5. The standard InChI is InChI=1S/C18H23ClN2O4/c19-15-3-1-2-14(10-15)18(5-8-25-9-6-18)12-20-17(24)21-7-4-13(11-21)16(22)23/h1-3,10,13H,4-9,11-12H2,(H,20,24)(H,22,23). The molecule has 0 radical (unpaired) electrons. The number of hydrogen-bond acceptors (Lipinski definition) is 3. The molecule has 2 saturated heterocycles. The van der Waals surface area contributed by atoms with E-state index in [1.54, 1.807) is 4.90 Å². The average molecular weight is 367 g/mol. The second-order valence-electron chi connectivity index (χ2n) is 6.83. The van der Waals surface area contributed by atoms with Crippen molar-refractivity contribution >= 4 is 23.6 Å². The van der Waals surface area contributed by atoms with Gasteiger partial charge < -0.3 is 20.1 Å². The molecular formula is C18H23ClN2O4. The number of carboxylic acid groups (broad SMARTS) is 1. The number of nitrogens with zero attached hydrogens (tertiary/aromatic N) is 1. The van der Waals surface area contributed by atoms with Crippen molar-refractivity contribution in [1.29, 1.82) is 0 Å². The summed E-state index contributed by atoms with van der Waals surface area (Å²) >= 11 is 6.16. The summed E-state index contributed by atoms with van der Waals surface area (Å²) in [7, 11) is 0. The zero-order chi connectivity index (χ0) is 17.9. The number of carbonyl (C=O) groups excluding carboxylic acids is 1. The van der Waals surface area contributed by atoms with Gasteiger partial charge in [0.2, 0.25) is 0 Å². The molecule has 1 aromatic rings. The lowest BCUT2D eigenvalue weighted by Crippen LogP contribution is -2.48. The molecule has 2 heterocycles. The van der Waals surface area contributed by atoms with Crippen LogP contribution in [-0.2, 0) is 14.9 Å². The molecule has 25 heavy (non-hydrogen) atoms. The summed E-state index contributed by atoms with van der Waals surface area (Å²) in [5, 5.41) is 12.8. The Kier molecular flexibility index (Phi) is 5.49. The molecule has 0 saturated carbocycles. The number of carboxylic acids is 1. The fourth-order valence-corrected chi connectivity index (χ4v) is 3.84. The van der Waals surface area contributed by atoms with Gasteiger partial charge in [0.25, 0.3) is 0 Å². The largest absolute Gasteiger partial charge is 0.481 e. The van der Waals surface area contributed by atoms with E-state index in [4.69, 9.17) is 21.4 Å². The molecule has 2 aliphatic heterocycles. The van der Waals surface area contributed by atoms with Crippen LogP contribution < -0.4 is 5.32 Å². The zero-order valence-electron chi connectivity index (χ0n) is 14.0. The number of likely N-dealkylation sites (tertiary alicyclic amines) is 1. The number of nitrogens with one attached hydrogen (secondary N) is 1. The van der Waals surface area contributed by atoms with Gasteiger partial charge in [-0.15, -0.1) is 0 Å². The van der Waals surface area contributed by atoms with E-state index in [1.165, 1.54) is 0 Å². The first-order valence-electron chi connectivity index (χ1n) is 8.60. The number of carbonyl (C=O) groups is 2. The lowest BCUT2D eigenvalue weighted by molar-refractivity contribution is -0.141. The summed E-state index contributed by atoms with van der Waals surface area (Å²) in [6, 6.07) is 7.56. The van der Waals surface area contributed by atoms with Gasteiger partial charge in [-0.2, -0.15) is 0 Å². The van der Waals surface area contributed by atoms with Crippen LogP contribution in [0.25, 0.3) is 0 Å². The minimum Gasteiger partial charge on any atom is -0.481 e. The van der Waals surface area contributed by atoms with Crippen LogP contribution >= 0.6 is 11.6 Å². The van der Waals surface area contributed by atoms with Crippen molar-refractivity contribution in [3.63, 3.8) is 0 Å². The Balaban J connectivity index is 1.67. The minimum absolute atomic E-state index is 0.198. The van der Waals surface area contributed by atoms with E-state index < -0.39 is 11.9 Å². The number of rotatable bonds is 4. The summed E-state index contributed by atoms with van der Waals surface area (Å²) in [6.45, 7) is 2.54. The van der Waals surface area contributed by atoms with Crippen molar-refractivity contribution in [2.24, 2.45) is 5.92 Å². The van der Waals surface area contributed by atoms with E-state index in [-0.39, 0.29) is 18.0 Å². The molecule has 1 unspecified atom stereocenters. The predicted octanol–water partition coefficient (Wildman–Crippen LogP) is 2.50. The van der Waals surface area contributed by atoms with Gasteiger partial charge in [0, 0.05) is 43.3 Å². The van der Waals surface area contributed by atoms with Crippen molar-refractivity contribution in [3.8, 4) is 0 Å². The summed E-state index contributed by atoms with van der Waals surface area (Å²) in [6.07, 6.45) is 2.13. The first-order chi connectivity index (χ1) is 12.0. The summed E-state index contributed by atoms with van der Waals surface area (Å²) in [5.74, 6) is -1.30. The van der Waals surface area contributed by atoms with Crippen LogP contribution in [0.5, 0.6) is 0 Å². The number of urea groups is 1. The molecule has 1 atom stereocenters. The van der Waals surface area contributed by atoms with Crippen LogP contribution in [0.3, 0.4) is 0 Å². The lowest BCUT2D eigenvalue weighted by Gasteiger charge is -2.38. The van der Waals surface area contributed by atoms with E-state index >= 15 is 0 Å². The Bertz CT molecular complexity index is 646. The molecular weight excluding hydrogens is 344 g/mol. The van der Waals surface area contributed by atoms with E-state index in [9.17, 15) is 9.59 Å². The van der Waals surface area contributed by atoms with Crippen LogP contribution in [0.4, 0.5) is 4.79 Å². The highest BCUT2D eigenvalue weighted by atomic mass is 35.5. The van der Waals surface area contributed by atoms with Crippen LogP contribution in [0.2, 0.25) is 5.02 Å². The molecule has 136 valence electrons. The molecule has 7 heteroatoms.